The lowest BCUT2D eigenvalue weighted by Crippen LogP contribution is -2.41. The molecule has 0 radical (unpaired) electrons. The van der Waals surface area contributed by atoms with Crippen LogP contribution in [0.5, 0.6) is 0 Å². The van der Waals surface area contributed by atoms with Crippen LogP contribution in [-0.2, 0) is 19.1 Å². The lowest BCUT2D eigenvalue weighted by Gasteiger charge is -2.23. The van der Waals surface area contributed by atoms with E-state index in [1.165, 1.54) is 0 Å². The third kappa shape index (κ3) is 3.00. The van der Waals surface area contributed by atoms with Gasteiger partial charge in [-0.15, -0.1) is 0 Å². The van der Waals surface area contributed by atoms with Gasteiger partial charge in [0.25, 0.3) is 0 Å². The van der Waals surface area contributed by atoms with Crippen LogP contribution in [-0.4, -0.2) is 48.9 Å². The maximum atomic E-state index is 11.8. The summed E-state index contributed by atoms with van der Waals surface area (Å²) >= 11 is 0. The molecule has 0 aromatic rings. The number of amides is 1. The van der Waals surface area contributed by atoms with Crippen molar-refractivity contribution in [1.29, 1.82) is 0 Å². The zero-order valence-electron chi connectivity index (χ0n) is 10.5. The van der Waals surface area contributed by atoms with Gasteiger partial charge in [-0.05, 0) is 19.3 Å². The topological polar surface area (TPSA) is 84.9 Å². The van der Waals surface area contributed by atoms with Crippen molar-refractivity contribution in [1.82, 2.24) is 5.32 Å². The number of hydrogen-bond acceptors (Lipinski definition) is 4. The zero-order chi connectivity index (χ0) is 13.2. The summed E-state index contributed by atoms with van der Waals surface area (Å²) in [6, 6.07) is 0. The average molecular weight is 257 g/mol. The molecule has 0 saturated carbocycles. The Morgan fingerprint density at radius 3 is 2.67 bits per heavy atom. The second-order valence-electron chi connectivity index (χ2n) is 5.36. The Labute approximate surface area is 106 Å². The van der Waals surface area contributed by atoms with Gasteiger partial charge >= 0.3 is 5.97 Å². The quantitative estimate of drug-likeness (QED) is 0.749. The smallest absolute Gasteiger partial charge is 0.332 e. The summed E-state index contributed by atoms with van der Waals surface area (Å²) in [5.74, 6) is -1.21. The minimum Gasteiger partial charge on any atom is -0.479 e. The van der Waals surface area contributed by atoms with E-state index in [-0.39, 0.29) is 11.3 Å². The van der Waals surface area contributed by atoms with E-state index < -0.39 is 18.2 Å². The first-order chi connectivity index (χ1) is 8.50. The van der Waals surface area contributed by atoms with Crippen molar-refractivity contribution in [3.63, 3.8) is 0 Å². The van der Waals surface area contributed by atoms with E-state index in [9.17, 15) is 9.59 Å². The van der Waals surface area contributed by atoms with Crippen molar-refractivity contribution in [2.45, 2.75) is 38.4 Å². The lowest BCUT2D eigenvalue weighted by atomic mass is 9.90. The molecule has 0 aromatic carbocycles. The van der Waals surface area contributed by atoms with Crippen molar-refractivity contribution in [2.75, 3.05) is 19.8 Å². The van der Waals surface area contributed by atoms with E-state index >= 15 is 0 Å². The third-order valence-corrected chi connectivity index (χ3v) is 3.58. The number of hydrogen-bond donors (Lipinski definition) is 2. The summed E-state index contributed by atoms with van der Waals surface area (Å²) in [6.07, 6.45) is 0.323. The van der Waals surface area contributed by atoms with Crippen LogP contribution in [0.3, 0.4) is 0 Å². The minimum atomic E-state index is -0.999. The van der Waals surface area contributed by atoms with Crippen LogP contribution in [0.25, 0.3) is 0 Å². The molecule has 2 aliphatic rings. The van der Waals surface area contributed by atoms with Gasteiger partial charge in [0.1, 0.15) is 6.10 Å². The number of carboxylic acids is 1. The Kier molecular flexibility index (Phi) is 3.87. The second kappa shape index (κ2) is 5.24. The number of carbonyl (C=O) groups excluding carboxylic acids is 1. The van der Waals surface area contributed by atoms with Crippen molar-refractivity contribution < 1.29 is 24.2 Å². The first-order valence-electron chi connectivity index (χ1n) is 6.24. The predicted octanol–water partition coefficient (Wildman–Crippen LogP) is 0.161. The van der Waals surface area contributed by atoms with Gasteiger partial charge in [0.05, 0.1) is 6.61 Å². The Morgan fingerprint density at radius 1 is 1.39 bits per heavy atom. The standard InChI is InChI=1S/C12H19NO5/c1-12(4-5-17-7-12)6-13-10(14)8-2-3-9(18-8)11(15)16/h8-9H,2-7H2,1H3,(H,13,14)(H,15,16)/t8-,9+,12?/m0/s1. The first-order valence-corrected chi connectivity index (χ1v) is 6.24. The maximum absolute atomic E-state index is 11.8. The molecule has 0 bridgehead atoms. The number of rotatable bonds is 4. The predicted molar refractivity (Wildman–Crippen MR) is 62.1 cm³/mol. The first kappa shape index (κ1) is 13.3. The Balaban J connectivity index is 1.77. The van der Waals surface area contributed by atoms with Gasteiger partial charge in [0.15, 0.2) is 6.10 Å². The Morgan fingerprint density at radius 2 is 2.11 bits per heavy atom. The molecule has 102 valence electrons. The van der Waals surface area contributed by atoms with Gasteiger partial charge in [0.2, 0.25) is 5.91 Å². The van der Waals surface area contributed by atoms with Crippen LogP contribution in [0, 0.1) is 5.41 Å². The van der Waals surface area contributed by atoms with Crippen LogP contribution in [0.2, 0.25) is 0 Å². The summed E-state index contributed by atoms with van der Waals surface area (Å²) in [5, 5.41) is 11.6. The third-order valence-electron chi connectivity index (χ3n) is 3.58. The summed E-state index contributed by atoms with van der Waals surface area (Å²) in [4.78, 5) is 22.6. The number of carboxylic acid groups (broad SMARTS) is 1. The Bertz CT molecular complexity index is 337. The number of ether oxygens (including phenoxy) is 2. The summed E-state index contributed by atoms with van der Waals surface area (Å²) in [6.45, 7) is 3.99. The molecule has 0 spiro atoms. The zero-order valence-corrected chi connectivity index (χ0v) is 10.5. The second-order valence-corrected chi connectivity index (χ2v) is 5.36. The largest absolute Gasteiger partial charge is 0.479 e. The van der Waals surface area contributed by atoms with Crippen LogP contribution in [0.15, 0.2) is 0 Å². The van der Waals surface area contributed by atoms with E-state index in [0.717, 1.165) is 13.0 Å². The molecular formula is C12H19NO5. The fraction of sp³-hybridized carbons (Fsp3) is 0.833. The molecule has 6 heteroatoms. The highest BCUT2D eigenvalue weighted by Gasteiger charge is 2.36. The highest BCUT2D eigenvalue weighted by molar-refractivity contribution is 5.82. The van der Waals surface area contributed by atoms with Crippen molar-refractivity contribution in [2.24, 2.45) is 5.41 Å². The maximum Gasteiger partial charge on any atom is 0.332 e. The van der Waals surface area contributed by atoms with Crippen LogP contribution in [0.4, 0.5) is 0 Å². The molecule has 2 N–H and O–H groups in total. The number of carbonyl (C=O) groups is 2. The normalized spacial score (nSPS) is 35.6. The number of aliphatic carboxylic acids is 1. The molecule has 6 nitrogen and oxygen atoms in total. The van der Waals surface area contributed by atoms with Gasteiger partial charge in [-0.25, -0.2) is 4.79 Å². The molecule has 1 unspecified atom stereocenters. The average Bonchev–Trinajstić information content (AvgIpc) is 2.95. The van der Waals surface area contributed by atoms with Gasteiger partial charge in [-0.2, -0.15) is 0 Å². The van der Waals surface area contributed by atoms with E-state index in [0.29, 0.717) is 26.0 Å². The van der Waals surface area contributed by atoms with Gasteiger partial charge in [-0.1, -0.05) is 6.92 Å². The van der Waals surface area contributed by atoms with Crippen molar-refractivity contribution in [3.05, 3.63) is 0 Å². The van der Waals surface area contributed by atoms with Gasteiger partial charge < -0.3 is 19.9 Å². The molecule has 1 amide bonds. The van der Waals surface area contributed by atoms with Crippen molar-refractivity contribution >= 4 is 11.9 Å². The Hall–Kier alpha value is -1.14. The van der Waals surface area contributed by atoms with E-state index in [1.54, 1.807) is 0 Å². The van der Waals surface area contributed by atoms with Crippen LogP contribution in [0.1, 0.15) is 26.2 Å². The van der Waals surface area contributed by atoms with Gasteiger partial charge in [-0.3, -0.25) is 4.79 Å². The molecule has 2 fully saturated rings. The SMILES string of the molecule is CC1(CNC(=O)[C@@H]2CC[C@H](C(=O)O)O2)CCOC1. The molecule has 0 aliphatic carbocycles. The summed E-state index contributed by atoms with van der Waals surface area (Å²) < 4.78 is 10.5. The summed E-state index contributed by atoms with van der Waals surface area (Å²) in [7, 11) is 0. The molecule has 2 aliphatic heterocycles. The van der Waals surface area contributed by atoms with Crippen LogP contribution < -0.4 is 5.32 Å². The van der Waals surface area contributed by atoms with E-state index in [4.69, 9.17) is 14.6 Å². The molecule has 0 aromatic heterocycles. The van der Waals surface area contributed by atoms with Crippen molar-refractivity contribution in [3.8, 4) is 0 Å². The molecule has 2 saturated heterocycles. The van der Waals surface area contributed by atoms with Gasteiger partial charge in [0, 0.05) is 18.6 Å². The molecule has 3 atom stereocenters. The molecule has 18 heavy (non-hydrogen) atoms. The molecule has 2 heterocycles. The monoisotopic (exact) mass is 257 g/mol. The molecular weight excluding hydrogens is 238 g/mol. The fourth-order valence-electron chi connectivity index (χ4n) is 2.27. The fourth-order valence-corrected chi connectivity index (χ4v) is 2.27. The summed E-state index contributed by atoms with van der Waals surface area (Å²) in [5.41, 5.74) is -0.0134. The van der Waals surface area contributed by atoms with E-state index in [2.05, 4.69) is 12.2 Å². The molecule has 2 rings (SSSR count). The highest BCUT2D eigenvalue weighted by Crippen LogP contribution is 2.27. The highest BCUT2D eigenvalue weighted by atomic mass is 16.5. The minimum absolute atomic E-state index is 0.0134. The lowest BCUT2D eigenvalue weighted by molar-refractivity contribution is -0.151. The van der Waals surface area contributed by atoms with E-state index in [1.807, 2.05) is 0 Å². The van der Waals surface area contributed by atoms with Crippen LogP contribution >= 0.6 is 0 Å². The number of nitrogens with one attached hydrogen (secondary N) is 1.